The van der Waals surface area contributed by atoms with E-state index in [1.165, 1.54) is 0 Å². The predicted octanol–water partition coefficient (Wildman–Crippen LogP) is -1.84. The standard InChI is InChI=1S/C11H17N3O3.H2O/c12-10(16)7-3-5-14(6-4-7)11(17)8-1-2-9(15)13-8;/h7-8H,1-6H2,(H2,12,16)(H,13,15);1H2. The molecule has 0 radical (unpaired) electrons. The Morgan fingerprint density at radius 1 is 1.22 bits per heavy atom. The second-order valence-corrected chi connectivity index (χ2v) is 4.66. The molecule has 102 valence electrons. The second-order valence-electron chi connectivity index (χ2n) is 4.66. The third-order valence-electron chi connectivity index (χ3n) is 3.50. The first-order chi connectivity index (χ1) is 8.08. The highest BCUT2D eigenvalue weighted by atomic mass is 16.2. The first kappa shape index (κ1) is 14.4. The lowest BCUT2D eigenvalue weighted by atomic mass is 9.96. The normalized spacial score (nSPS) is 24.3. The van der Waals surface area contributed by atoms with Gasteiger partial charge in [0.1, 0.15) is 6.04 Å². The molecule has 2 saturated heterocycles. The summed E-state index contributed by atoms with van der Waals surface area (Å²) in [6.07, 6.45) is 2.26. The van der Waals surface area contributed by atoms with Crippen LogP contribution in [0.15, 0.2) is 0 Å². The van der Waals surface area contributed by atoms with Crippen molar-refractivity contribution in [2.24, 2.45) is 11.7 Å². The molecule has 7 nitrogen and oxygen atoms in total. The van der Waals surface area contributed by atoms with E-state index in [-0.39, 0.29) is 35.2 Å². The molecule has 0 aromatic heterocycles. The molecule has 2 rings (SSSR count). The molecule has 1 atom stereocenters. The Balaban J connectivity index is 0.00000162. The monoisotopic (exact) mass is 257 g/mol. The molecule has 1 unspecified atom stereocenters. The molecule has 0 aromatic carbocycles. The van der Waals surface area contributed by atoms with E-state index in [0.29, 0.717) is 38.8 Å². The van der Waals surface area contributed by atoms with E-state index in [1.807, 2.05) is 0 Å². The minimum Gasteiger partial charge on any atom is -0.412 e. The molecule has 0 bridgehead atoms. The Morgan fingerprint density at radius 2 is 1.83 bits per heavy atom. The van der Waals surface area contributed by atoms with Gasteiger partial charge in [0.15, 0.2) is 0 Å². The zero-order valence-corrected chi connectivity index (χ0v) is 10.1. The van der Waals surface area contributed by atoms with Crippen LogP contribution >= 0.6 is 0 Å². The number of rotatable bonds is 2. The largest absolute Gasteiger partial charge is 0.412 e. The van der Waals surface area contributed by atoms with E-state index < -0.39 is 0 Å². The van der Waals surface area contributed by atoms with E-state index >= 15 is 0 Å². The summed E-state index contributed by atoms with van der Waals surface area (Å²) in [4.78, 5) is 35.8. The van der Waals surface area contributed by atoms with Gasteiger partial charge in [-0.1, -0.05) is 0 Å². The third-order valence-corrected chi connectivity index (χ3v) is 3.50. The third kappa shape index (κ3) is 2.98. The lowest BCUT2D eigenvalue weighted by Crippen LogP contribution is -2.48. The van der Waals surface area contributed by atoms with Crippen LogP contribution in [-0.4, -0.2) is 47.2 Å². The van der Waals surface area contributed by atoms with E-state index in [1.54, 1.807) is 4.90 Å². The lowest BCUT2D eigenvalue weighted by Gasteiger charge is -2.32. The molecule has 0 saturated carbocycles. The number of nitrogens with zero attached hydrogens (tertiary/aromatic N) is 1. The van der Waals surface area contributed by atoms with E-state index in [2.05, 4.69) is 5.32 Å². The lowest BCUT2D eigenvalue weighted by molar-refractivity contribution is -0.137. The number of carbonyl (C=O) groups is 3. The van der Waals surface area contributed by atoms with Gasteiger partial charge < -0.3 is 21.4 Å². The molecule has 0 aliphatic carbocycles. The van der Waals surface area contributed by atoms with Crippen LogP contribution < -0.4 is 11.1 Å². The fraction of sp³-hybridized carbons (Fsp3) is 0.727. The zero-order valence-electron chi connectivity index (χ0n) is 10.1. The van der Waals surface area contributed by atoms with Crippen LogP contribution in [0.1, 0.15) is 25.7 Å². The Labute approximate surface area is 105 Å². The van der Waals surface area contributed by atoms with Gasteiger partial charge in [-0.2, -0.15) is 0 Å². The highest BCUT2D eigenvalue weighted by Crippen LogP contribution is 2.19. The highest BCUT2D eigenvalue weighted by Gasteiger charge is 2.33. The van der Waals surface area contributed by atoms with Gasteiger partial charge in [0.05, 0.1) is 0 Å². The minimum atomic E-state index is -0.368. The van der Waals surface area contributed by atoms with Gasteiger partial charge in [0, 0.05) is 25.4 Å². The predicted molar refractivity (Wildman–Crippen MR) is 63.3 cm³/mol. The summed E-state index contributed by atoms with van der Waals surface area (Å²) in [7, 11) is 0. The van der Waals surface area contributed by atoms with E-state index in [9.17, 15) is 14.4 Å². The fourth-order valence-corrected chi connectivity index (χ4v) is 2.40. The van der Waals surface area contributed by atoms with Crippen molar-refractivity contribution in [1.82, 2.24) is 10.2 Å². The number of hydrogen-bond donors (Lipinski definition) is 2. The minimum absolute atomic E-state index is 0. The number of nitrogens with one attached hydrogen (secondary N) is 1. The summed E-state index contributed by atoms with van der Waals surface area (Å²) in [5.74, 6) is -0.488. The molecule has 2 fully saturated rings. The second kappa shape index (κ2) is 5.81. The fourth-order valence-electron chi connectivity index (χ4n) is 2.40. The molecular weight excluding hydrogens is 238 g/mol. The molecular formula is C11H19N3O4. The van der Waals surface area contributed by atoms with Crippen molar-refractivity contribution in [1.29, 1.82) is 0 Å². The van der Waals surface area contributed by atoms with Crippen molar-refractivity contribution in [3.05, 3.63) is 0 Å². The molecule has 2 aliphatic rings. The van der Waals surface area contributed by atoms with Crippen molar-refractivity contribution in [2.45, 2.75) is 31.7 Å². The number of primary amides is 1. The number of amides is 3. The van der Waals surface area contributed by atoms with Crippen molar-refractivity contribution >= 4 is 17.7 Å². The summed E-state index contributed by atoms with van der Waals surface area (Å²) in [6, 6.07) is -0.368. The van der Waals surface area contributed by atoms with Crippen LogP contribution in [0.5, 0.6) is 0 Å². The quantitative estimate of drug-likeness (QED) is 0.604. The number of carbonyl (C=O) groups excluding carboxylic acids is 3. The summed E-state index contributed by atoms with van der Waals surface area (Å²) in [6.45, 7) is 1.11. The van der Waals surface area contributed by atoms with Gasteiger partial charge in [-0.3, -0.25) is 14.4 Å². The van der Waals surface area contributed by atoms with Crippen LogP contribution in [0, 0.1) is 5.92 Å². The average molecular weight is 257 g/mol. The van der Waals surface area contributed by atoms with Crippen molar-refractivity contribution in [2.75, 3.05) is 13.1 Å². The summed E-state index contributed by atoms with van der Waals surface area (Å²) in [5, 5.41) is 2.66. The zero-order chi connectivity index (χ0) is 12.4. The van der Waals surface area contributed by atoms with Crippen molar-refractivity contribution in [3.8, 4) is 0 Å². The maximum Gasteiger partial charge on any atom is 0.245 e. The number of likely N-dealkylation sites (tertiary alicyclic amines) is 1. The smallest absolute Gasteiger partial charge is 0.245 e. The van der Waals surface area contributed by atoms with E-state index in [0.717, 1.165) is 0 Å². The molecule has 7 heteroatoms. The van der Waals surface area contributed by atoms with Gasteiger partial charge in [-0.25, -0.2) is 0 Å². The maximum atomic E-state index is 12.0. The summed E-state index contributed by atoms with van der Waals surface area (Å²) >= 11 is 0. The van der Waals surface area contributed by atoms with Crippen LogP contribution in [0.4, 0.5) is 0 Å². The Morgan fingerprint density at radius 3 is 2.28 bits per heavy atom. The van der Waals surface area contributed by atoms with Crippen LogP contribution in [0.3, 0.4) is 0 Å². The molecule has 0 aromatic rings. The molecule has 2 aliphatic heterocycles. The van der Waals surface area contributed by atoms with Gasteiger partial charge >= 0.3 is 0 Å². The Kier molecular flexibility index (Phi) is 4.66. The maximum absolute atomic E-state index is 12.0. The molecule has 18 heavy (non-hydrogen) atoms. The number of piperidine rings is 1. The highest BCUT2D eigenvalue weighted by molar-refractivity contribution is 5.91. The molecule has 5 N–H and O–H groups in total. The summed E-state index contributed by atoms with van der Waals surface area (Å²) in [5.41, 5.74) is 5.23. The van der Waals surface area contributed by atoms with Gasteiger partial charge in [0.25, 0.3) is 0 Å². The van der Waals surface area contributed by atoms with Gasteiger partial charge in [-0.15, -0.1) is 0 Å². The van der Waals surface area contributed by atoms with Crippen LogP contribution in [0.2, 0.25) is 0 Å². The number of nitrogens with two attached hydrogens (primary N) is 1. The first-order valence-corrected chi connectivity index (χ1v) is 5.95. The van der Waals surface area contributed by atoms with E-state index in [4.69, 9.17) is 5.73 Å². The topological polar surface area (TPSA) is 124 Å². The molecule has 0 spiro atoms. The Hall–Kier alpha value is -1.63. The van der Waals surface area contributed by atoms with Crippen molar-refractivity contribution < 1.29 is 19.9 Å². The van der Waals surface area contributed by atoms with Gasteiger partial charge in [-0.05, 0) is 19.3 Å². The molecule has 2 heterocycles. The number of hydrogen-bond acceptors (Lipinski definition) is 3. The first-order valence-electron chi connectivity index (χ1n) is 5.95. The van der Waals surface area contributed by atoms with Crippen LogP contribution in [-0.2, 0) is 14.4 Å². The Bertz CT molecular complexity index is 350. The van der Waals surface area contributed by atoms with Crippen LogP contribution in [0.25, 0.3) is 0 Å². The summed E-state index contributed by atoms with van der Waals surface area (Å²) < 4.78 is 0. The molecule has 3 amide bonds. The van der Waals surface area contributed by atoms with Crippen molar-refractivity contribution in [3.63, 3.8) is 0 Å². The van der Waals surface area contributed by atoms with Gasteiger partial charge in [0.2, 0.25) is 17.7 Å². The SMILES string of the molecule is NC(=O)C1CCN(C(=O)C2CCC(=O)N2)CC1.O. The average Bonchev–Trinajstić information content (AvgIpc) is 2.75.